The zero-order valence-corrected chi connectivity index (χ0v) is 8.33. The zero-order chi connectivity index (χ0) is 8.27. The highest BCUT2D eigenvalue weighted by molar-refractivity contribution is 7.17. The maximum atomic E-state index is 2.86. The fourth-order valence-corrected chi connectivity index (χ4v) is 1.27. The molecule has 1 rings (SSSR count). The molecule has 1 aromatic rings. The minimum atomic E-state index is 0.621. The molecule has 0 radical (unpaired) electrons. The van der Waals surface area contributed by atoms with Gasteiger partial charge in [0.1, 0.15) is 0 Å². The summed E-state index contributed by atoms with van der Waals surface area (Å²) in [4.78, 5) is 0. The largest absolute Gasteiger partial charge is 0.130 e. The van der Waals surface area contributed by atoms with E-state index < -0.39 is 0 Å². The minimum absolute atomic E-state index is 0.621. The summed E-state index contributed by atoms with van der Waals surface area (Å²) in [6.07, 6.45) is 1.19. The van der Waals surface area contributed by atoms with Crippen molar-refractivity contribution in [3.63, 3.8) is 0 Å². The van der Waals surface area contributed by atoms with Gasteiger partial charge in [-0.25, -0.2) is 0 Å². The van der Waals surface area contributed by atoms with Crippen LogP contribution in [0.3, 0.4) is 0 Å². The predicted octanol–water partition coefficient (Wildman–Crippen LogP) is 3.32. The molecule has 2 atom stereocenters. The number of hydrogen-bond acceptors (Lipinski definition) is 0. The summed E-state index contributed by atoms with van der Waals surface area (Å²) >= 11 is 0. The van der Waals surface area contributed by atoms with Gasteiger partial charge in [-0.15, -0.1) is 9.24 Å². The van der Waals surface area contributed by atoms with Crippen molar-refractivity contribution < 1.29 is 0 Å². The second kappa shape index (κ2) is 3.88. The van der Waals surface area contributed by atoms with Crippen LogP contribution >= 0.6 is 9.24 Å². The molecule has 0 nitrogen and oxygen atoms in total. The van der Waals surface area contributed by atoms with Crippen molar-refractivity contribution in [1.82, 2.24) is 0 Å². The first-order valence-corrected chi connectivity index (χ1v) is 4.73. The lowest BCUT2D eigenvalue weighted by Gasteiger charge is -2.07. The standard InChI is InChI=1S/C10H15P/c1-3-10(11)9-6-4-8(2)5-7-9/h4-7,10H,3,11H2,1-2H3. The Kier molecular flexibility index (Phi) is 3.08. The molecule has 60 valence electrons. The maximum absolute atomic E-state index is 2.86. The van der Waals surface area contributed by atoms with Gasteiger partial charge in [-0.05, 0) is 24.6 Å². The maximum Gasteiger partial charge on any atom is -0.00172 e. The Morgan fingerprint density at radius 1 is 1.27 bits per heavy atom. The lowest BCUT2D eigenvalue weighted by atomic mass is 10.1. The van der Waals surface area contributed by atoms with Crippen molar-refractivity contribution in [3.8, 4) is 0 Å². The highest BCUT2D eigenvalue weighted by Crippen LogP contribution is 2.25. The van der Waals surface area contributed by atoms with E-state index in [-0.39, 0.29) is 0 Å². The quantitative estimate of drug-likeness (QED) is 0.591. The van der Waals surface area contributed by atoms with Crippen LogP contribution in [0.15, 0.2) is 24.3 Å². The van der Waals surface area contributed by atoms with Gasteiger partial charge in [-0.3, -0.25) is 0 Å². The molecule has 1 aromatic carbocycles. The molecular formula is C10H15P. The molecule has 11 heavy (non-hydrogen) atoms. The third kappa shape index (κ3) is 2.31. The third-order valence-corrected chi connectivity index (χ3v) is 2.80. The topological polar surface area (TPSA) is 0 Å². The molecule has 0 bridgehead atoms. The van der Waals surface area contributed by atoms with Crippen molar-refractivity contribution in [2.24, 2.45) is 0 Å². The Morgan fingerprint density at radius 2 is 1.82 bits per heavy atom. The highest BCUT2D eigenvalue weighted by Gasteiger charge is 2.00. The van der Waals surface area contributed by atoms with E-state index >= 15 is 0 Å². The third-order valence-electron chi connectivity index (χ3n) is 1.95. The smallest absolute Gasteiger partial charge is 0.00172 e. The molecule has 0 aliphatic rings. The van der Waals surface area contributed by atoms with E-state index in [1.165, 1.54) is 17.5 Å². The van der Waals surface area contributed by atoms with Crippen molar-refractivity contribution in [3.05, 3.63) is 35.4 Å². The Bertz CT molecular complexity index is 213. The minimum Gasteiger partial charge on any atom is -0.130 e. The monoisotopic (exact) mass is 166 g/mol. The molecule has 0 aromatic heterocycles. The van der Waals surface area contributed by atoms with Crippen LogP contribution in [0.25, 0.3) is 0 Å². The van der Waals surface area contributed by atoms with Gasteiger partial charge in [0.2, 0.25) is 0 Å². The predicted molar refractivity (Wildman–Crippen MR) is 53.9 cm³/mol. The number of rotatable bonds is 2. The summed E-state index contributed by atoms with van der Waals surface area (Å²) in [6, 6.07) is 8.75. The van der Waals surface area contributed by atoms with E-state index in [0.717, 1.165) is 0 Å². The molecule has 0 saturated carbocycles. The van der Waals surface area contributed by atoms with Crippen LogP contribution in [-0.4, -0.2) is 0 Å². The van der Waals surface area contributed by atoms with Gasteiger partial charge in [0.05, 0.1) is 0 Å². The fourth-order valence-electron chi connectivity index (χ4n) is 1.05. The van der Waals surface area contributed by atoms with Crippen molar-refractivity contribution in [2.45, 2.75) is 25.9 Å². The first-order chi connectivity index (χ1) is 5.24. The second-order valence-corrected chi connectivity index (χ2v) is 3.73. The number of aryl methyl sites for hydroxylation is 1. The van der Waals surface area contributed by atoms with Crippen LogP contribution in [0.4, 0.5) is 0 Å². The Morgan fingerprint density at radius 3 is 2.27 bits per heavy atom. The van der Waals surface area contributed by atoms with Crippen LogP contribution < -0.4 is 0 Å². The van der Waals surface area contributed by atoms with Gasteiger partial charge in [0.15, 0.2) is 0 Å². The Hall–Kier alpha value is -0.350. The number of benzene rings is 1. The SMILES string of the molecule is CCC(P)c1ccc(C)cc1. The molecule has 1 heteroatoms. The summed E-state index contributed by atoms with van der Waals surface area (Å²) in [5.41, 5.74) is 3.38. The lowest BCUT2D eigenvalue weighted by Crippen LogP contribution is -1.86. The zero-order valence-electron chi connectivity index (χ0n) is 7.17. The van der Waals surface area contributed by atoms with Gasteiger partial charge >= 0.3 is 0 Å². The summed E-state index contributed by atoms with van der Waals surface area (Å²) in [5.74, 6) is 0. The molecule has 0 aliphatic carbocycles. The molecule has 0 fully saturated rings. The van der Waals surface area contributed by atoms with E-state index in [4.69, 9.17) is 0 Å². The van der Waals surface area contributed by atoms with Gasteiger partial charge in [-0.1, -0.05) is 36.8 Å². The second-order valence-electron chi connectivity index (χ2n) is 2.93. The first-order valence-electron chi connectivity index (χ1n) is 4.06. The summed E-state index contributed by atoms with van der Waals surface area (Å²) < 4.78 is 0. The Labute approximate surface area is 71.2 Å². The molecular weight excluding hydrogens is 151 g/mol. The Balaban J connectivity index is 2.81. The van der Waals surface area contributed by atoms with Crippen LogP contribution in [0.5, 0.6) is 0 Å². The van der Waals surface area contributed by atoms with Crippen LogP contribution in [-0.2, 0) is 0 Å². The van der Waals surface area contributed by atoms with E-state index in [1.807, 2.05) is 0 Å². The lowest BCUT2D eigenvalue weighted by molar-refractivity contribution is 0.896. The van der Waals surface area contributed by atoms with Crippen molar-refractivity contribution in [1.29, 1.82) is 0 Å². The highest BCUT2D eigenvalue weighted by atomic mass is 31.0. The average molecular weight is 166 g/mol. The van der Waals surface area contributed by atoms with Crippen molar-refractivity contribution in [2.75, 3.05) is 0 Å². The van der Waals surface area contributed by atoms with E-state index in [2.05, 4.69) is 47.4 Å². The van der Waals surface area contributed by atoms with E-state index in [9.17, 15) is 0 Å². The molecule has 0 heterocycles. The molecule has 0 saturated heterocycles. The van der Waals surface area contributed by atoms with Gasteiger partial charge in [0.25, 0.3) is 0 Å². The normalized spacial score (nSPS) is 13.0. The molecule has 0 amide bonds. The fraction of sp³-hybridized carbons (Fsp3) is 0.400. The molecule has 0 spiro atoms. The summed E-state index contributed by atoms with van der Waals surface area (Å²) in [5, 5.41) is 0. The van der Waals surface area contributed by atoms with E-state index in [0.29, 0.717) is 5.66 Å². The van der Waals surface area contributed by atoms with Gasteiger partial charge < -0.3 is 0 Å². The van der Waals surface area contributed by atoms with Crippen LogP contribution in [0.1, 0.15) is 30.1 Å². The average Bonchev–Trinajstić information content (AvgIpc) is 2.05. The molecule has 0 N–H and O–H groups in total. The first kappa shape index (κ1) is 8.74. The van der Waals surface area contributed by atoms with E-state index in [1.54, 1.807) is 0 Å². The summed E-state index contributed by atoms with van der Waals surface area (Å²) in [6.45, 7) is 4.32. The number of hydrogen-bond donors (Lipinski definition) is 0. The van der Waals surface area contributed by atoms with Gasteiger partial charge in [-0.2, -0.15) is 0 Å². The van der Waals surface area contributed by atoms with Crippen LogP contribution in [0.2, 0.25) is 0 Å². The summed E-state index contributed by atoms with van der Waals surface area (Å²) in [7, 11) is 2.86. The molecule has 0 aliphatic heterocycles. The molecule has 2 unspecified atom stereocenters. The van der Waals surface area contributed by atoms with Crippen molar-refractivity contribution >= 4 is 9.24 Å². The van der Waals surface area contributed by atoms with Crippen LogP contribution in [0, 0.1) is 6.92 Å². The van der Waals surface area contributed by atoms with Gasteiger partial charge in [0, 0.05) is 0 Å².